The summed E-state index contributed by atoms with van der Waals surface area (Å²) in [6, 6.07) is 9.78. The third kappa shape index (κ3) is 4.06. The molecule has 2 N–H and O–H groups in total. The van der Waals surface area contributed by atoms with Crippen molar-refractivity contribution < 1.29 is 14.0 Å². The summed E-state index contributed by atoms with van der Waals surface area (Å²) in [6.45, 7) is 1.45. The Balaban J connectivity index is 1.55. The van der Waals surface area contributed by atoms with Crippen LogP contribution in [-0.2, 0) is 0 Å². The van der Waals surface area contributed by atoms with E-state index in [0.717, 1.165) is 17.5 Å². The second kappa shape index (κ2) is 7.36. The molecule has 1 fully saturated rings. The molecule has 1 aliphatic heterocycles. The molecule has 0 radical (unpaired) electrons. The quantitative estimate of drug-likeness (QED) is 0.816. The van der Waals surface area contributed by atoms with Crippen LogP contribution < -0.4 is 21.2 Å². The maximum absolute atomic E-state index is 11.8. The van der Waals surface area contributed by atoms with Crippen molar-refractivity contribution in [2.45, 2.75) is 0 Å². The molecule has 1 aromatic heterocycles. The Bertz CT molecular complexity index is 886. The predicted octanol–water partition coefficient (Wildman–Crippen LogP) is 0.951. The lowest BCUT2D eigenvalue weighted by Gasteiger charge is -2.13. The Hall–Kier alpha value is -3.53. The molecular formula is C18H15N3O4. The molecule has 3 rings (SSSR count). The third-order valence-electron chi connectivity index (χ3n) is 3.57. The van der Waals surface area contributed by atoms with Crippen molar-refractivity contribution in [3.8, 4) is 11.8 Å². The zero-order valence-electron chi connectivity index (χ0n) is 13.2. The fourth-order valence-electron chi connectivity index (χ4n) is 2.30. The maximum Gasteiger partial charge on any atom is 0.335 e. The number of anilines is 1. The van der Waals surface area contributed by atoms with Crippen LogP contribution in [0.15, 0.2) is 51.9 Å². The monoisotopic (exact) mass is 337 g/mol. The Morgan fingerprint density at radius 2 is 2.00 bits per heavy atom. The van der Waals surface area contributed by atoms with Crippen molar-refractivity contribution in [1.29, 1.82) is 0 Å². The van der Waals surface area contributed by atoms with Gasteiger partial charge in [0.25, 0.3) is 5.91 Å². The maximum atomic E-state index is 11.8. The molecule has 1 aliphatic rings. The molecular weight excluding hydrogens is 322 g/mol. The van der Waals surface area contributed by atoms with Gasteiger partial charge in [0.05, 0.1) is 12.1 Å². The van der Waals surface area contributed by atoms with Gasteiger partial charge in [0, 0.05) is 30.4 Å². The van der Waals surface area contributed by atoms with E-state index in [1.807, 2.05) is 24.3 Å². The largest absolute Gasteiger partial charge is 0.430 e. The van der Waals surface area contributed by atoms with Gasteiger partial charge in [0.2, 0.25) is 0 Å². The standard InChI is InChI=1S/C18H15N3O4/c22-16-8-5-14(12-25-16)17(23)19-9-1-2-13-3-6-15(7-4-13)21-11-10-20-18(21)24/h3-8,12H,9-11H2,(H,19,23)(H,20,24). The summed E-state index contributed by atoms with van der Waals surface area (Å²) in [7, 11) is 0. The van der Waals surface area contributed by atoms with E-state index in [4.69, 9.17) is 0 Å². The molecule has 2 heterocycles. The summed E-state index contributed by atoms with van der Waals surface area (Å²) in [6.07, 6.45) is 1.11. The second-order valence-electron chi connectivity index (χ2n) is 5.26. The number of urea groups is 1. The van der Waals surface area contributed by atoms with Gasteiger partial charge in [-0.05, 0) is 30.3 Å². The summed E-state index contributed by atoms with van der Waals surface area (Å²) < 4.78 is 4.63. The van der Waals surface area contributed by atoms with Crippen molar-refractivity contribution in [2.75, 3.05) is 24.5 Å². The molecule has 25 heavy (non-hydrogen) atoms. The Morgan fingerprint density at radius 1 is 1.20 bits per heavy atom. The van der Waals surface area contributed by atoms with Crippen molar-refractivity contribution in [3.63, 3.8) is 0 Å². The fourth-order valence-corrected chi connectivity index (χ4v) is 2.30. The minimum Gasteiger partial charge on any atom is -0.430 e. The topological polar surface area (TPSA) is 91.7 Å². The van der Waals surface area contributed by atoms with Crippen LogP contribution in [0.5, 0.6) is 0 Å². The Morgan fingerprint density at radius 3 is 2.64 bits per heavy atom. The predicted molar refractivity (Wildman–Crippen MR) is 91.4 cm³/mol. The summed E-state index contributed by atoms with van der Waals surface area (Å²) in [5.74, 6) is 5.41. The molecule has 7 nitrogen and oxygen atoms in total. The highest BCUT2D eigenvalue weighted by atomic mass is 16.4. The van der Waals surface area contributed by atoms with Gasteiger partial charge >= 0.3 is 11.7 Å². The van der Waals surface area contributed by atoms with Crippen LogP contribution in [0.3, 0.4) is 0 Å². The average molecular weight is 337 g/mol. The number of nitrogens with zero attached hydrogens (tertiary/aromatic N) is 1. The first-order chi connectivity index (χ1) is 12.1. The van der Waals surface area contributed by atoms with Gasteiger partial charge in [-0.15, -0.1) is 0 Å². The minimum atomic E-state index is -0.508. The van der Waals surface area contributed by atoms with Crippen LogP contribution in [0.4, 0.5) is 10.5 Å². The van der Waals surface area contributed by atoms with Gasteiger partial charge in [0.15, 0.2) is 0 Å². The van der Waals surface area contributed by atoms with Gasteiger partial charge in [-0.3, -0.25) is 9.69 Å². The summed E-state index contributed by atoms with van der Waals surface area (Å²) in [5, 5.41) is 5.36. The van der Waals surface area contributed by atoms with Crippen LogP contribution in [0.1, 0.15) is 15.9 Å². The van der Waals surface area contributed by atoms with E-state index in [1.165, 1.54) is 12.1 Å². The van der Waals surface area contributed by atoms with Crippen LogP contribution in [0, 0.1) is 11.8 Å². The highest BCUT2D eigenvalue weighted by Crippen LogP contribution is 2.16. The molecule has 7 heteroatoms. The van der Waals surface area contributed by atoms with Gasteiger partial charge in [-0.25, -0.2) is 9.59 Å². The number of amides is 3. The number of carbonyl (C=O) groups excluding carboxylic acids is 2. The number of nitrogens with one attached hydrogen (secondary N) is 2. The molecule has 1 aromatic carbocycles. The van der Waals surface area contributed by atoms with E-state index >= 15 is 0 Å². The number of carbonyl (C=O) groups is 2. The second-order valence-corrected chi connectivity index (χ2v) is 5.26. The van der Waals surface area contributed by atoms with E-state index in [9.17, 15) is 14.4 Å². The molecule has 2 aromatic rings. The van der Waals surface area contributed by atoms with Crippen molar-refractivity contribution in [1.82, 2.24) is 10.6 Å². The number of benzene rings is 1. The van der Waals surface area contributed by atoms with Crippen LogP contribution in [-0.4, -0.2) is 31.6 Å². The first-order valence-corrected chi connectivity index (χ1v) is 7.65. The van der Waals surface area contributed by atoms with Crippen molar-refractivity contribution in [3.05, 3.63) is 64.2 Å². The van der Waals surface area contributed by atoms with Gasteiger partial charge < -0.3 is 15.1 Å². The van der Waals surface area contributed by atoms with E-state index in [2.05, 4.69) is 26.9 Å². The molecule has 1 saturated heterocycles. The van der Waals surface area contributed by atoms with Gasteiger partial charge in [-0.2, -0.15) is 0 Å². The number of rotatable bonds is 3. The molecule has 0 bridgehead atoms. The zero-order chi connectivity index (χ0) is 17.6. The van der Waals surface area contributed by atoms with Crippen LogP contribution >= 0.6 is 0 Å². The van der Waals surface area contributed by atoms with Gasteiger partial charge in [-0.1, -0.05) is 11.8 Å². The Kier molecular flexibility index (Phi) is 4.81. The minimum absolute atomic E-state index is 0.0988. The van der Waals surface area contributed by atoms with E-state index < -0.39 is 5.63 Å². The summed E-state index contributed by atoms with van der Waals surface area (Å²) in [5.41, 5.74) is 1.35. The Labute approximate surface area is 143 Å². The highest BCUT2D eigenvalue weighted by molar-refractivity contribution is 5.94. The third-order valence-corrected chi connectivity index (χ3v) is 3.57. The smallest absolute Gasteiger partial charge is 0.335 e. The lowest BCUT2D eigenvalue weighted by atomic mass is 10.2. The normalized spacial score (nSPS) is 13.0. The summed E-state index contributed by atoms with van der Waals surface area (Å²) >= 11 is 0. The zero-order valence-corrected chi connectivity index (χ0v) is 13.2. The lowest BCUT2D eigenvalue weighted by Crippen LogP contribution is -2.27. The van der Waals surface area contributed by atoms with Crippen molar-refractivity contribution >= 4 is 17.6 Å². The molecule has 0 spiro atoms. The molecule has 0 unspecified atom stereocenters. The number of hydrogen-bond acceptors (Lipinski definition) is 4. The van der Waals surface area contributed by atoms with E-state index in [-0.39, 0.29) is 24.0 Å². The average Bonchev–Trinajstić information content (AvgIpc) is 3.06. The lowest BCUT2D eigenvalue weighted by molar-refractivity contribution is 0.0956. The first-order valence-electron chi connectivity index (χ1n) is 7.65. The van der Waals surface area contributed by atoms with Crippen LogP contribution in [0.2, 0.25) is 0 Å². The number of hydrogen-bond donors (Lipinski definition) is 2. The van der Waals surface area contributed by atoms with Crippen LogP contribution in [0.25, 0.3) is 0 Å². The molecule has 126 valence electrons. The van der Waals surface area contributed by atoms with E-state index in [1.54, 1.807) is 4.90 Å². The molecule has 0 atom stereocenters. The summed E-state index contributed by atoms with van der Waals surface area (Å²) in [4.78, 5) is 35.9. The molecule has 3 amide bonds. The molecule has 0 saturated carbocycles. The fraction of sp³-hybridized carbons (Fsp3) is 0.167. The highest BCUT2D eigenvalue weighted by Gasteiger charge is 2.20. The molecule has 0 aliphatic carbocycles. The SMILES string of the molecule is O=C(NCC#Cc1ccc(N2CCNC2=O)cc1)c1ccc(=O)oc1. The van der Waals surface area contributed by atoms with E-state index in [0.29, 0.717) is 13.1 Å². The van der Waals surface area contributed by atoms with Crippen molar-refractivity contribution in [2.24, 2.45) is 0 Å². The van der Waals surface area contributed by atoms with Gasteiger partial charge in [0.1, 0.15) is 6.26 Å². The first kappa shape index (κ1) is 16.3.